The Kier molecular flexibility index (Phi) is 4.14. The molecule has 0 aliphatic carbocycles. The summed E-state index contributed by atoms with van der Waals surface area (Å²) in [6, 6.07) is 3.50. The van der Waals surface area contributed by atoms with Crippen molar-refractivity contribution in [3.05, 3.63) is 28.9 Å². The van der Waals surface area contributed by atoms with E-state index in [2.05, 4.69) is 9.97 Å². The summed E-state index contributed by atoms with van der Waals surface area (Å²) >= 11 is 6.10. The van der Waals surface area contributed by atoms with E-state index in [1.165, 1.54) is 6.20 Å². The molecular weight excluding hydrogens is 280 g/mol. The van der Waals surface area contributed by atoms with Gasteiger partial charge in [0.05, 0.1) is 18.3 Å². The number of anilines is 2. The van der Waals surface area contributed by atoms with Crippen molar-refractivity contribution in [1.82, 2.24) is 9.97 Å². The highest BCUT2D eigenvalue weighted by Gasteiger charge is 2.12. The van der Waals surface area contributed by atoms with Crippen LogP contribution >= 0.6 is 11.6 Å². The number of hydrogen-bond donors (Lipinski definition) is 2. The molecule has 0 atom stereocenters. The van der Waals surface area contributed by atoms with E-state index < -0.39 is 0 Å². The Morgan fingerprint density at radius 3 is 2.55 bits per heavy atom. The number of aromatic nitrogens is 2. The minimum atomic E-state index is 0.0957. The number of rotatable bonds is 4. The number of nitrogens with zero attached hydrogens (tertiary/aromatic N) is 2. The van der Waals surface area contributed by atoms with Crippen molar-refractivity contribution < 1.29 is 9.47 Å². The number of hydrogen-bond acceptors (Lipinski definition) is 6. The summed E-state index contributed by atoms with van der Waals surface area (Å²) in [7, 11) is 1.56. The smallest absolute Gasteiger partial charge is 0.222 e. The van der Waals surface area contributed by atoms with Crippen LogP contribution in [0.1, 0.15) is 12.5 Å². The van der Waals surface area contributed by atoms with Crippen LogP contribution in [0.2, 0.25) is 5.02 Å². The Bertz CT molecular complexity index is 634. The number of aryl methyl sites for hydroxylation is 1. The van der Waals surface area contributed by atoms with Gasteiger partial charge >= 0.3 is 0 Å². The maximum atomic E-state index is 6.10. The fraction of sp³-hybridized carbons (Fsp3) is 0.231. The van der Waals surface area contributed by atoms with E-state index >= 15 is 0 Å². The minimum Gasteiger partial charge on any atom is -0.495 e. The lowest BCUT2D eigenvalue weighted by atomic mass is 10.1. The van der Waals surface area contributed by atoms with Gasteiger partial charge in [0.15, 0.2) is 11.6 Å². The van der Waals surface area contributed by atoms with Crippen LogP contribution in [0.15, 0.2) is 18.3 Å². The molecule has 0 saturated heterocycles. The number of halogens is 1. The van der Waals surface area contributed by atoms with Crippen molar-refractivity contribution in [2.45, 2.75) is 13.3 Å². The molecule has 106 valence electrons. The van der Waals surface area contributed by atoms with Crippen molar-refractivity contribution in [2.24, 2.45) is 0 Å². The van der Waals surface area contributed by atoms with E-state index in [9.17, 15) is 0 Å². The maximum absolute atomic E-state index is 6.10. The summed E-state index contributed by atoms with van der Waals surface area (Å²) in [5, 5.41) is 0.453. The highest BCUT2D eigenvalue weighted by atomic mass is 35.5. The van der Waals surface area contributed by atoms with Crippen molar-refractivity contribution >= 4 is 23.4 Å². The molecule has 1 aromatic carbocycles. The van der Waals surface area contributed by atoms with Crippen LogP contribution in [0, 0.1) is 0 Å². The fourth-order valence-electron chi connectivity index (χ4n) is 1.70. The second-order valence-corrected chi connectivity index (χ2v) is 4.43. The standard InChI is InChI=1S/C13H15ClN4O2/c1-3-7-4-10(19-2)8(14)5-9(7)20-11-6-17-13(16)18-12(11)15/h4-6H,3H2,1-2H3,(H4,15,16,17,18). The van der Waals surface area contributed by atoms with Gasteiger partial charge in [-0.05, 0) is 18.1 Å². The molecule has 0 aliphatic heterocycles. The van der Waals surface area contributed by atoms with Gasteiger partial charge in [0.1, 0.15) is 11.5 Å². The van der Waals surface area contributed by atoms with Gasteiger partial charge in [-0.1, -0.05) is 18.5 Å². The van der Waals surface area contributed by atoms with Gasteiger partial charge in [-0.25, -0.2) is 4.98 Å². The monoisotopic (exact) mass is 294 g/mol. The molecule has 2 aromatic rings. The largest absolute Gasteiger partial charge is 0.495 e. The van der Waals surface area contributed by atoms with Gasteiger partial charge in [0.2, 0.25) is 5.95 Å². The SMILES string of the molecule is CCc1cc(OC)c(Cl)cc1Oc1cnc(N)nc1N. The lowest BCUT2D eigenvalue weighted by Gasteiger charge is -2.13. The first-order valence-electron chi connectivity index (χ1n) is 5.97. The van der Waals surface area contributed by atoms with Crippen LogP contribution < -0.4 is 20.9 Å². The number of ether oxygens (including phenoxy) is 2. The summed E-state index contributed by atoms with van der Waals surface area (Å²) in [4.78, 5) is 7.69. The molecule has 0 amide bonds. The molecule has 0 fully saturated rings. The van der Waals surface area contributed by atoms with Crippen LogP contribution in [0.4, 0.5) is 11.8 Å². The highest BCUT2D eigenvalue weighted by Crippen LogP contribution is 2.36. The molecule has 7 heteroatoms. The average Bonchev–Trinajstić information content (AvgIpc) is 2.42. The fourth-order valence-corrected chi connectivity index (χ4v) is 1.93. The molecule has 0 saturated carbocycles. The number of nitrogens with two attached hydrogens (primary N) is 2. The molecule has 0 unspecified atom stereocenters. The van der Waals surface area contributed by atoms with Crippen LogP contribution in [0.5, 0.6) is 17.2 Å². The summed E-state index contributed by atoms with van der Waals surface area (Å²) in [5.74, 6) is 1.77. The summed E-state index contributed by atoms with van der Waals surface area (Å²) in [6.07, 6.45) is 2.17. The van der Waals surface area contributed by atoms with Crippen molar-refractivity contribution in [3.8, 4) is 17.2 Å². The van der Waals surface area contributed by atoms with Crippen molar-refractivity contribution in [2.75, 3.05) is 18.6 Å². The third-order valence-electron chi connectivity index (χ3n) is 2.74. The van der Waals surface area contributed by atoms with E-state index in [0.717, 1.165) is 12.0 Å². The predicted octanol–water partition coefficient (Wildman–Crippen LogP) is 2.66. The van der Waals surface area contributed by atoms with Gasteiger partial charge in [-0.2, -0.15) is 4.98 Å². The van der Waals surface area contributed by atoms with Crippen LogP contribution in [0.3, 0.4) is 0 Å². The first-order chi connectivity index (χ1) is 9.55. The lowest BCUT2D eigenvalue weighted by molar-refractivity contribution is 0.412. The van der Waals surface area contributed by atoms with E-state index in [1.807, 2.05) is 13.0 Å². The van der Waals surface area contributed by atoms with Crippen LogP contribution in [0.25, 0.3) is 0 Å². The Hall–Kier alpha value is -2.21. The Morgan fingerprint density at radius 2 is 1.95 bits per heavy atom. The van der Waals surface area contributed by atoms with Gasteiger partial charge < -0.3 is 20.9 Å². The van der Waals surface area contributed by atoms with Gasteiger partial charge in [0.25, 0.3) is 0 Å². The van der Waals surface area contributed by atoms with Crippen molar-refractivity contribution in [1.29, 1.82) is 0 Å². The summed E-state index contributed by atoms with van der Waals surface area (Å²) in [6.45, 7) is 2.00. The van der Waals surface area contributed by atoms with Crippen LogP contribution in [-0.2, 0) is 6.42 Å². The lowest BCUT2D eigenvalue weighted by Crippen LogP contribution is -2.02. The quantitative estimate of drug-likeness (QED) is 0.900. The first-order valence-corrected chi connectivity index (χ1v) is 6.35. The average molecular weight is 295 g/mol. The Labute approximate surface area is 121 Å². The predicted molar refractivity (Wildman–Crippen MR) is 78.3 cm³/mol. The number of nitrogen functional groups attached to an aromatic ring is 2. The maximum Gasteiger partial charge on any atom is 0.222 e. The summed E-state index contributed by atoms with van der Waals surface area (Å²) in [5.41, 5.74) is 12.1. The minimum absolute atomic E-state index is 0.0957. The number of methoxy groups -OCH3 is 1. The Morgan fingerprint density at radius 1 is 1.20 bits per heavy atom. The molecule has 0 bridgehead atoms. The summed E-state index contributed by atoms with van der Waals surface area (Å²) < 4.78 is 10.9. The molecule has 0 radical (unpaired) electrons. The normalized spacial score (nSPS) is 10.3. The molecule has 20 heavy (non-hydrogen) atoms. The molecule has 1 heterocycles. The zero-order chi connectivity index (χ0) is 14.7. The molecule has 0 aliphatic rings. The van der Waals surface area contributed by atoms with Crippen molar-refractivity contribution in [3.63, 3.8) is 0 Å². The molecule has 6 nitrogen and oxygen atoms in total. The van der Waals surface area contributed by atoms with Crippen LogP contribution in [-0.4, -0.2) is 17.1 Å². The second kappa shape index (κ2) is 5.83. The van der Waals surface area contributed by atoms with E-state index in [4.69, 9.17) is 32.5 Å². The molecule has 2 rings (SSSR count). The third kappa shape index (κ3) is 2.85. The Balaban J connectivity index is 2.40. The topological polar surface area (TPSA) is 96.3 Å². The molecular formula is C13H15ClN4O2. The highest BCUT2D eigenvalue weighted by molar-refractivity contribution is 6.32. The zero-order valence-corrected chi connectivity index (χ0v) is 11.9. The van der Waals surface area contributed by atoms with Gasteiger partial charge in [-0.3, -0.25) is 0 Å². The molecule has 0 spiro atoms. The third-order valence-corrected chi connectivity index (χ3v) is 3.03. The number of benzene rings is 1. The molecule has 1 aromatic heterocycles. The van der Waals surface area contributed by atoms with E-state index in [1.54, 1.807) is 13.2 Å². The van der Waals surface area contributed by atoms with E-state index in [-0.39, 0.29) is 11.8 Å². The zero-order valence-electron chi connectivity index (χ0n) is 11.2. The van der Waals surface area contributed by atoms with Gasteiger partial charge in [-0.15, -0.1) is 0 Å². The van der Waals surface area contributed by atoms with E-state index in [0.29, 0.717) is 22.3 Å². The van der Waals surface area contributed by atoms with Gasteiger partial charge in [0, 0.05) is 6.07 Å². The second-order valence-electron chi connectivity index (χ2n) is 4.03. The molecule has 4 N–H and O–H groups in total. The first kappa shape index (κ1) is 14.2.